The number of nitrogens with zero attached hydrogens (tertiary/aromatic N) is 1. The van der Waals surface area contributed by atoms with Crippen LogP contribution in [0.5, 0.6) is 11.5 Å². The first-order valence-electron chi connectivity index (χ1n) is 10.5. The number of methoxy groups -OCH3 is 1. The first-order chi connectivity index (χ1) is 16.3. The van der Waals surface area contributed by atoms with E-state index in [0.717, 1.165) is 5.56 Å². The van der Waals surface area contributed by atoms with Crippen molar-refractivity contribution in [1.82, 2.24) is 4.90 Å². The summed E-state index contributed by atoms with van der Waals surface area (Å²) in [7, 11) is 1.47. The number of phenolic OH excluding ortho intramolecular Hbond substituents is 1. The minimum Gasteiger partial charge on any atom is -0.508 e. The number of Topliss-reactive ketones (excluding diaryl/α,β-unsaturated/α-hetero) is 1. The Hall–Kier alpha value is -3.48. The molecular formula is C26H21Cl2NO5. The summed E-state index contributed by atoms with van der Waals surface area (Å²) in [6.45, 7) is 0.223. The van der Waals surface area contributed by atoms with Crippen molar-refractivity contribution in [2.24, 2.45) is 0 Å². The summed E-state index contributed by atoms with van der Waals surface area (Å²) in [5.41, 5.74) is 1.60. The number of halogens is 2. The molecule has 0 aliphatic carbocycles. The summed E-state index contributed by atoms with van der Waals surface area (Å²) in [5.74, 6) is -1.46. The highest BCUT2D eigenvalue weighted by Gasteiger charge is 2.46. The second-order valence-corrected chi connectivity index (χ2v) is 8.65. The fourth-order valence-corrected chi connectivity index (χ4v) is 4.31. The quantitative estimate of drug-likeness (QED) is 0.271. The van der Waals surface area contributed by atoms with Crippen molar-refractivity contribution in [3.63, 3.8) is 0 Å². The van der Waals surface area contributed by atoms with E-state index in [1.165, 1.54) is 30.2 Å². The molecule has 1 aliphatic heterocycles. The lowest BCUT2D eigenvalue weighted by Crippen LogP contribution is -2.31. The zero-order valence-corrected chi connectivity index (χ0v) is 19.7. The average molecular weight is 498 g/mol. The van der Waals surface area contributed by atoms with Crippen molar-refractivity contribution in [1.29, 1.82) is 0 Å². The number of rotatable bonds is 6. The number of aliphatic hydroxyl groups is 1. The number of aromatic hydroxyl groups is 1. The average Bonchev–Trinajstić information content (AvgIpc) is 3.09. The topological polar surface area (TPSA) is 87.1 Å². The van der Waals surface area contributed by atoms with E-state index < -0.39 is 23.5 Å². The molecule has 1 saturated heterocycles. The Morgan fingerprint density at radius 3 is 2.32 bits per heavy atom. The highest BCUT2D eigenvalue weighted by molar-refractivity contribution is 6.47. The molecule has 1 unspecified atom stereocenters. The summed E-state index contributed by atoms with van der Waals surface area (Å²) in [5, 5.41) is 21.7. The summed E-state index contributed by atoms with van der Waals surface area (Å²) >= 11 is 12.3. The highest BCUT2D eigenvalue weighted by atomic mass is 35.5. The number of phenols is 1. The van der Waals surface area contributed by atoms with Crippen LogP contribution in [0.25, 0.3) is 5.76 Å². The van der Waals surface area contributed by atoms with Crippen LogP contribution in [-0.4, -0.2) is 40.5 Å². The minimum atomic E-state index is -0.866. The smallest absolute Gasteiger partial charge is 0.295 e. The van der Waals surface area contributed by atoms with Crippen molar-refractivity contribution in [3.8, 4) is 11.5 Å². The van der Waals surface area contributed by atoms with Crippen molar-refractivity contribution in [2.45, 2.75) is 12.5 Å². The van der Waals surface area contributed by atoms with E-state index in [1.54, 1.807) is 36.4 Å². The normalized spacial score (nSPS) is 17.3. The highest BCUT2D eigenvalue weighted by Crippen LogP contribution is 2.41. The van der Waals surface area contributed by atoms with Gasteiger partial charge in [0.1, 0.15) is 17.3 Å². The van der Waals surface area contributed by atoms with Crippen molar-refractivity contribution in [3.05, 3.63) is 99.0 Å². The predicted molar refractivity (Wildman–Crippen MR) is 130 cm³/mol. The van der Waals surface area contributed by atoms with Gasteiger partial charge in [-0.2, -0.15) is 0 Å². The van der Waals surface area contributed by atoms with E-state index in [0.29, 0.717) is 22.8 Å². The molecular weight excluding hydrogens is 477 g/mol. The van der Waals surface area contributed by atoms with E-state index in [9.17, 15) is 19.8 Å². The Balaban J connectivity index is 1.80. The van der Waals surface area contributed by atoms with Crippen LogP contribution in [0.1, 0.15) is 22.7 Å². The summed E-state index contributed by atoms with van der Waals surface area (Å²) < 4.78 is 5.22. The number of likely N-dealkylation sites (tertiary alicyclic amines) is 1. The second-order valence-electron chi connectivity index (χ2n) is 7.81. The van der Waals surface area contributed by atoms with Gasteiger partial charge in [0.15, 0.2) is 0 Å². The monoisotopic (exact) mass is 497 g/mol. The lowest BCUT2D eigenvalue weighted by molar-refractivity contribution is -0.139. The lowest BCUT2D eigenvalue weighted by Gasteiger charge is -2.25. The third-order valence-corrected chi connectivity index (χ3v) is 6.31. The first kappa shape index (κ1) is 23.7. The maximum absolute atomic E-state index is 13.2. The largest absolute Gasteiger partial charge is 0.508 e. The van der Waals surface area contributed by atoms with Gasteiger partial charge in [-0.25, -0.2) is 0 Å². The van der Waals surface area contributed by atoms with Gasteiger partial charge in [-0.05, 0) is 60.0 Å². The number of ether oxygens (including phenoxy) is 1. The Morgan fingerprint density at radius 2 is 1.68 bits per heavy atom. The minimum absolute atomic E-state index is 0.0395. The van der Waals surface area contributed by atoms with Crippen LogP contribution in [0.3, 0.4) is 0 Å². The molecule has 2 N–H and O–H groups in total. The van der Waals surface area contributed by atoms with Gasteiger partial charge in [0.2, 0.25) is 0 Å². The second kappa shape index (κ2) is 9.79. The van der Waals surface area contributed by atoms with Gasteiger partial charge in [0, 0.05) is 17.1 Å². The molecule has 0 bridgehead atoms. The van der Waals surface area contributed by atoms with Crippen LogP contribution in [-0.2, 0) is 16.0 Å². The van der Waals surface area contributed by atoms with Gasteiger partial charge in [0.05, 0.1) is 23.7 Å². The van der Waals surface area contributed by atoms with E-state index >= 15 is 0 Å². The standard InChI is InChI=1S/C26H21Cl2NO5/c1-34-19-10-11-21(28)20(14-19)24(31)22-23(16-4-8-18(30)9-5-16)29(26(33)25(22)32)13-12-15-2-6-17(27)7-3-15/h2-11,14,23,30-31H,12-13H2,1H3/b24-22+. The van der Waals surface area contributed by atoms with Gasteiger partial charge >= 0.3 is 0 Å². The molecule has 1 amide bonds. The van der Waals surface area contributed by atoms with Crippen LogP contribution in [0.15, 0.2) is 72.3 Å². The third kappa shape index (κ3) is 4.60. The molecule has 34 heavy (non-hydrogen) atoms. The molecule has 1 atom stereocenters. The van der Waals surface area contributed by atoms with Crippen LogP contribution < -0.4 is 4.74 Å². The first-order valence-corrected chi connectivity index (χ1v) is 11.2. The molecule has 0 radical (unpaired) electrons. The van der Waals surface area contributed by atoms with Crippen LogP contribution in [0, 0.1) is 0 Å². The molecule has 0 aromatic heterocycles. The van der Waals surface area contributed by atoms with Gasteiger partial charge in [-0.15, -0.1) is 0 Å². The zero-order chi connectivity index (χ0) is 24.4. The van der Waals surface area contributed by atoms with E-state index in [2.05, 4.69) is 0 Å². The maximum atomic E-state index is 13.2. The Kier molecular flexibility index (Phi) is 6.82. The molecule has 0 saturated carbocycles. The molecule has 0 spiro atoms. The third-order valence-electron chi connectivity index (χ3n) is 5.73. The number of ketones is 1. The molecule has 6 nitrogen and oxygen atoms in total. The maximum Gasteiger partial charge on any atom is 0.295 e. The van der Waals surface area contributed by atoms with E-state index in [-0.39, 0.29) is 28.5 Å². The molecule has 4 rings (SSSR count). The number of carbonyl (C=O) groups excluding carboxylic acids is 2. The number of hydrogen-bond acceptors (Lipinski definition) is 5. The van der Waals surface area contributed by atoms with E-state index in [1.807, 2.05) is 12.1 Å². The number of hydrogen-bond donors (Lipinski definition) is 2. The van der Waals surface area contributed by atoms with Crippen LogP contribution in [0.4, 0.5) is 0 Å². The Morgan fingerprint density at radius 1 is 1.00 bits per heavy atom. The fraction of sp³-hybridized carbons (Fsp3) is 0.154. The number of carbonyl (C=O) groups is 2. The van der Waals surface area contributed by atoms with Gasteiger partial charge in [-0.1, -0.05) is 47.5 Å². The van der Waals surface area contributed by atoms with Crippen LogP contribution >= 0.6 is 23.2 Å². The molecule has 1 aliphatic rings. The Bertz CT molecular complexity index is 1270. The molecule has 1 fully saturated rings. The number of aliphatic hydroxyl groups excluding tert-OH is 1. The summed E-state index contributed by atoms with van der Waals surface area (Å²) in [6, 6.07) is 17.2. The fourth-order valence-electron chi connectivity index (χ4n) is 3.97. The van der Waals surface area contributed by atoms with Gasteiger partial charge < -0.3 is 19.8 Å². The van der Waals surface area contributed by atoms with Crippen molar-refractivity contribution >= 4 is 40.7 Å². The Labute approximate surface area is 206 Å². The lowest BCUT2D eigenvalue weighted by atomic mass is 9.95. The molecule has 1 heterocycles. The number of amides is 1. The van der Waals surface area contributed by atoms with Crippen molar-refractivity contribution < 1.29 is 24.5 Å². The van der Waals surface area contributed by atoms with Crippen molar-refractivity contribution in [2.75, 3.05) is 13.7 Å². The SMILES string of the molecule is COc1ccc(Cl)c(/C(O)=C2\C(=O)C(=O)N(CCc3ccc(Cl)cc3)C2c2ccc(O)cc2)c1. The molecule has 8 heteroatoms. The molecule has 174 valence electrons. The zero-order valence-electron chi connectivity index (χ0n) is 18.2. The molecule has 3 aromatic carbocycles. The molecule has 3 aromatic rings. The summed E-state index contributed by atoms with van der Waals surface area (Å²) in [6.07, 6.45) is 0.471. The van der Waals surface area contributed by atoms with Gasteiger partial charge in [0.25, 0.3) is 11.7 Å². The predicted octanol–water partition coefficient (Wildman–Crippen LogP) is 5.37. The van der Waals surface area contributed by atoms with E-state index in [4.69, 9.17) is 27.9 Å². The summed E-state index contributed by atoms with van der Waals surface area (Å²) in [4.78, 5) is 27.7. The van der Waals surface area contributed by atoms with Gasteiger partial charge in [-0.3, -0.25) is 9.59 Å². The number of benzene rings is 3. The van der Waals surface area contributed by atoms with Crippen LogP contribution in [0.2, 0.25) is 10.0 Å².